The van der Waals surface area contributed by atoms with E-state index in [4.69, 9.17) is 23.2 Å². The number of benzene rings is 1. The minimum Gasteiger partial charge on any atom is -0.350 e. The van der Waals surface area contributed by atoms with Crippen molar-refractivity contribution in [1.29, 1.82) is 0 Å². The van der Waals surface area contributed by atoms with Crippen LogP contribution >= 0.6 is 35.0 Å². The zero-order valence-corrected chi connectivity index (χ0v) is 15.0. The minimum absolute atomic E-state index is 0.0166. The van der Waals surface area contributed by atoms with Crippen molar-refractivity contribution < 1.29 is 4.79 Å². The molecular formula is C17H15Cl2N3OS. The third-order valence-corrected chi connectivity index (χ3v) is 4.78. The molecule has 1 amide bonds. The summed E-state index contributed by atoms with van der Waals surface area (Å²) in [6.07, 6.45) is 3.65. The number of fused-ring (bicyclic) bond motifs is 1. The van der Waals surface area contributed by atoms with E-state index in [1.54, 1.807) is 24.0 Å². The fourth-order valence-electron chi connectivity index (χ4n) is 2.23. The van der Waals surface area contributed by atoms with Gasteiger partial charge in [-0.2, -0.15) is 0 Å². The number of amides is 1. The summed E-state index contributed by atoms with van der Waals surface area (Å²) in [5.74, 6) is 1.13. The van der Waals surface area contributed by atoms with Gasteiger partial charge < -0.3 is 9.72 Å². The fourth-order valence-corrected chi connectivity index (χ4v) is 3.42. The first-order valence-electron chi connectivity index (χ1n) is 7.32. The predicted octanol–water partition coefficient (Wildman–Crippen LogP) is 4.19. The summed E-state index contributed by atoms with van der Waals surface area (Å²) in [5, 5.41) is 4.24. The lowest BCUT2D eigenvalue weighted by molar-refractivity contribution is -0.118. The SMILES string of the molecule is O=C(CSCc1cccc(Cl)c1)NCc1cn2cc(Cl)ccc2n1. The highest BCUT2D eigenvalue weighted by atomic mass is 35.5. The van der Waals surface area contributed by atoms with Gasteiger partial charge in [0.15, 0.2) is 0 Å². The van der Waals surface area contributed by atoms with Gasteiger partial charge in [0, 0.05) is 23.2 Å². The van der Waals surface area contributed by atoms with Crippen LogP contribution in [0.25, 0.3) is 5.65 Å². The molecule has 0 unspecified atom stereocenters. The molecule has 2 heterocycles. The van der Waals surface area contributed by atoms with Crippen molar-refractivity contribution in [2.24, 2.45) is 0 Å². The first-order valence-corrected chi connectivity index (χ1v) is 9.23. The number of nitrogens with one attached hydrogen (secondary N) is 1. The molecule has 3 rings (SSSR count). The molecule has 0 radical (unpaired) electrons. The van der Waals surface area contributed by atoms with E-state index in [9.17, 15) is 4.79 Å². The van der Waals surface area contributed by atoms with Crippen LogP contribution in [0.5, 0.6) is 0 Å². The summed E-state index contributed by atoms with van der Waals surface area (Å²) < 4.78 is 1.84. The fraction of sp³-hybridized carbons (Fsp3) is 0.176. The first kappa shape index (κ1) is 17.1. The van der Waals surface area contributed by atoms with Crippen LogP contribution < -0.4 is 5.32 Å². The molecule has 124 valence electrons. The molecule has 0 fully saturated rings. The number of nitrogens with zero attached hydrogens (tertiary/aromatic N) is 2. The Bertz CT molecular complexity index is 866. The third-order valence-electron chi connectivity index (χ3n) is 3.32. The molecule has 0 atom stereocenters. The second-order valence-corrected chi connectivity index (χ2v) is 7.10. The van der Waals surface area contributed by atoms with Crippen molar-refractivity contribution >= 4 is 46.5 Å². The molecule has 0 spiro atoms. The zero-order chi connectivity index (χ0) is 16.9. The van der Waals surface area contributed by atoms with Crippen molar-refractivity contribution in [2.45, 2.75) is 12.3 Å². The summed E-state index contributed by atoms with van der Waals surface area (Å²) in [7, 11) is 0. The Labute approximate surface area is 154 Å². The molecule has 0 aliphatic rings. The monoisotopic (exact) mass is 379 g/mol. The molecule has 24 heavy (non-hydrogen) atoms. The average molecular weight is 380 g/mol. The Morgan fingerprint density at radius 1 is 1.17 bits per heavy atom. The quantitative estimate of drug-likeness (QED) is 0.698. The molecule has 1 N–H and O–H groups in total. The molecule has 4 nitrogen and oxygen atoms in total. The van der Waals surface area contributed by atoms with Crippen molar-refractivity contribution in [1.82, 2.24) is 14.7 Å². The number of hydrogen-bond acceptors (Lipinski definition) is 3. The Hall–Kier alpha value is -1.69. The normalized spacial score (nSPS) is 10.9. The smallest absolute Gasteiger partial charge is 0.230 e. The van der Waals surface area contributed by atoms with Gasteiger partial charge in [-0.1, -0.05) is 35.3 Å². The second-order valence-electron chi connectivity index (χ2n) is 5.24. The average Bonchev–Trinajstić information content (AvgIpc) is 2.95. The van der Waals surface area contributed by atoms with Gasteiger partial charge >= 0.3 is 0 Å². The maximum atomic E-state index is 11.9. The number of aromatic nitrogens is 2. The highest BCUT2D eigenvalue weighted by Crippen LogP contribution is 2.16. The number of carbonyl (C=O) groups is 1. The molecule has 0 saturated heterocycles. The highest BCUT2D eigenvalue weighted by Gasteiger charge is 2.06. The van der Waals surface area contributed by atoms with Crippen molar-refractivity contribution in [3.8, 4) is 0 Å². The lowest BCUT2D eigenvalue weighted by Gasteiger charge is -2.04. The lowest BCUT2D eigenvalue weighted by Crippen LogP contribution is -2.24. The molecule has 1 aromatic carbocycles. The van der Waals surface area contributed by atoms with E-state index in [0.717, 1.165) is 22.7 Å². The molecule has 0 saturated carbocycles. The van der Waals surface area contributed by atoms with Crippen LogP contribution in [0.2, 0.25) is 10.0 Å². The van der Waals surface area contributed by atoms with Gasteiger partial charge in [-0.25, -0.2) is 4.98 Å². The van der Waals surface area contributed by atoms with Crippen LogP contribution in [-0.2, 0) is 17.1 Å². The third kappa shape index (κ3) is 4.66. The zero-order valence-electron chi connectivity index (χ0n) is 12.7. The maximum absolute atomic E-state index is 11.9. The van der Waals surface area contributed by atoms with Crippen LogP contribution in [0.4, 0.5) is 0 Å². The number of imidazole rings is 1. The largest absolute Gasteiger partial charge is 0.350 e. The minimum atomic E-state index is -0.0166. The van der Waals surface area contributed by atoms with E-state index in [1.165, 1.54) is 0 Å². The van der Waals surface area contributed by atoms with Crippen LogP contribution in [0.1, 0.15) is 11.3 Å². The van der Waals surface area contributed by atoms with E-state index < -0.39 is 0 Å². The number of carbonyl (C=O) groups excluding carboxylic acids is 1. The van der Waals surface area contributed by atoms with Crippen LogP contribution in [-0.4, -0.2) is 21.0 Å². The standard InChI is InChI=1S/C17H15Cl2N3OS/c18-13-3-1-2-12(6-13)10-24-11-17(23)20-7-15-9-22-8-14(19)4-5-16(22)21-15/h1-6,8-9H,7,10-11H2,(H,20,23). The summed E-state index contributed by atoms with van der Waals surface area (Å²) in [5.41, 5.74) is 2.71. The number of pyridine rings is 1. The van der Waals surface area contributed by atoms with Gasteiger partial charge in [0.25, 0.3) is 0 Å². The number of hydrogen-bond donors (Lipinski definition) is 1. The van der Waals surface area contributed by atoms with E-state index in [1.807, 2.05) is 40.9 Å². The van der Waals surface area contributed by atoms with Crippen molar-refractivity contribution in [3.05, 3.63) is 70.1 Å². The summed E-state index contributed by atoms with van der Waals surface area (Å²) in [6, 6.07) is 11.3. The van der Waals surface area contributed by atoms with Crippen LogP contribution in [0.15, 0.2) is 48.8 Å². The number of rotatable bonds is 6. The van der Waals surface area contributed by atoms with E-state index in [-0.39, 0.29) is 5.91 Å². The first-order chi connectivity index (χ1) is 11.6. The van der Waals surface area contributed by atoms with Gasteiger partial charge in [-0.3, -0.25) is 4.79 Å². The van der Waals surface area contributed by atoms with E-state index >= 15 is 0 Å². The topological polar surface area (TPSA) is 46.4 Å². The van der Waals surface area contributed by atoms with Gasteiger partial charge in [-0.05, 0) is 29.8 Å². The predicted molar refractivity (Wildman–Crippen MR) is 99.7 cm³/mol. The molecule has 0 aliphatic heterocycles. The molecule has 2 aromatic heterocycles. The Balaban J connectivity index is 1.46. The second kappa shape index (κ2) is 7.92. The van der Waals surface area contributed by atoms with E-state index in [0.29, 0.717) is 22.3 Å². The molecule has 3 aromatic rings. The molecular weight excluding hydrogens is 365 g/mol. The molecule has 0 aliphatic carbocycles. The Morgan fingerprint density at radius 2 is 2.04 bits per heavy atom. The van der Waals surface area contributed by atoms with Gasteiger partial charge in [0.1, 0.15) is 5.65 Å². The number of halogens is 2. The lowest BCUT2D eigenvalue weighted by atomic mass is 10.2. The summed E-state index contributed by atoms with van der Waals surface area (Å²) >= 11 is 13.4. The van der Waals surface area contributed by atoms with E-state index in [2.05, 4.69) is 10.3 Å². The Kier molecular flexibility index (Phi) is 5.66. The highest BCUT2D eigenvalue weighted by molar-refractivity contribution is 7.99. The van der Waals surface area contributed by atoms with Gasteiger partial charge in [0.05, 0.1) is 23.0 Å². The summed E-state index contributed by atoms with van der Waals surface area (Å²) in [4.78, 5) is 16.4. The van der Waals surface area contributed by atoms with Gasteiger partial charge in [0.2, 0.25) is 5.91 Å². The maximum Gasteiger partial charge on any atom is 0.230 e. The Morgan fingerprint density at radius 3 is 2.88 bits per heavy atom. The number of thioether (sulfide) groups is 1. The molecule has 0 bridgehead atoms. The van der Waals surface area contributed by atoms with Crippen molar-refractivity contribution in [3.63, 3.8) is 0 Å². The summed E-state index contributed by atoms with van der Waals surface area (Å²) in [6.45, 7) is 0.399. The van der Waals surface area contributed by atoms with Crippen molar-refractivity contribution in [2.75, 3.05) is 5.75 Å². The molecule has 7 heteroatoms. The van der Waals surface area contributed by atoms with Crippen LogP contribution in [0.3, 0.4) is 0 Å². The van der Waals surface area contributed by atoms with Gasteiger partial charge in [-0.15, -0.1) is 11.8 Å². The van der Waals surface area contributed by atoms with Crippen LogP contribution in [0, 0.1) is 0 Å².